The van der Waals surface area contributed by atoms with Crippen molar-refractivity contribution in [3.63, 3.8) is 0 Å². The van der Waals surface area contributed by atoms with E-state index < -0.39 is 6.10 Å². The summed E-state index contributed by atoms with van der Waals surface area (Å²) in [6.07, 6.45) is -0.546. The number of amides is 1. The number of β-amino-alcohol motifs (C(OH)–C–C–N with tert-alkyl or cyclic N) is 1. The predicted molar refractivity (Wildman–Crippen MR) is 121 cm³/mol. The lowest BCUT2D eigenvalue weighted by Crippen LogP contribution is -2.61. The first-order valence-corrected chi connectivity index (χ1v) is 11.5. The summed E-state index contributed by atoms with van der Waals surface area (Å²) in [7, 11) is 0. The summed E-state index contributed by atoms with van der Waals surface area (Å²) in [5, 5.41) is 19.3. The monoisotopic (exact) mass is 444 g/mol. The molecule has 2 saturated heterocycles. The number of benzene rings is 1. The number of aliphatic hydroxyl groups is 1. The van der Waals surface area contributed by atoms with Crippen LogP contribution < -0.4 is 4.74 Å². The maximum Gasteiger partial charge on any atom is 0.237 e. The van der Waals surface area contributed by atoms with Crippen molar-refractivity contribution in [2.24, 2.45) is 0 Å². The Morgan fingerprint density at radius 1 is 1.12 bits per heavy atom. The molecule has 3 rings (SSSR count). The quantitative estimate of drug-likeness (QED) is 0.615. The summed E-state index contributed by atoms with van der Waals surface area (Å²) in [6.45, 7) is 12.3. The van der Waals surface area contributed by atoms with Crippen LogP contribution in [0.4, 0.5) is 0 Å². The Bertz CT molecular complexity index is 770. The summed E-state index contributed by atoms with van der Waals surface area (Å²) >= 11 is 0. The molecule has 8 nitrogen and oxygen atoms in total. The van der Waals surface area contributed by atoms with Crippen molar-refractivity contribution in [2.45, 2.75) is 58.1 Å². The van der Waals surface area contributed by atoms with E-state index in [0.29, 0.717) is 24.4 Å². The number of nitrogens with zero attached hydrogens (tertiary/aromatic N) is 4. The van der Waals surface area contributed by atoms with E-state index in [0.717, 1.165) is 26.2 Å². The smallest absolute Gasteiger partial charge is 0.237 e. The average Bonchev–Trinajstić information content (AvgIpc) is 2.71. The van der Waals surface area contributed by atoms with Gasteiger partial charge in [0, 0.05) is 44.8 Å². The van der Waals surface area contributed by atoms with E-state index in [1.54, 1.807) is 24.3 Å². The Balaban J connectivity index is 1.44. The van der Waals surface area contributed by atoms with Crippen molar-refractivity contribution in [1.29, 1.82) is 5.26 Å². The lowest BCUT2D eigenvalue weighted by Gasteiger charge is -2.46. The average molecular weight is 445 g/mol. The van der Waals surface area contributed by atoms with E-state index in [-0.39, 0.29) is 36.8 Å². The van der Waals surface area contributed by atoms with Gasteiger partial charge in [0.1, 0.15) is 18.5 Å². The number of rotatable bonds is 9. The maximum absolute atomic E-state index is 12.8. The molecule has 0 radical (unpaired) electrons. The number of ether oxygens (including phenoxy) is 2. The summed E-state index contributed by atoms with van der Waals surface area (Å²) in [5.74, 6) is 0.807. The van der Waals surface area contributed by atoms with Crippen molar-refractivity contribution in [3.8, 4) is 11.8 Å². The summed E-state index contributed by atoms with van der Waals surface area (Å²) in [6, 6.07) is 9.31. The van der Waals surface area contributed by atoms with Gasteiger partial charge in [-0.15, -0.1) is 0 Å². The molecule has 1 aromatic carbocycles. The topological polar surface area (TPSA) is 89.3 Å². The van der Waals surface area contributed by atoms with Gasteiger partial charge in [-0.3, -0.25) is 14.6 Å². The largest absolute Gasteiger partial charge is 0.491 e. The molecule has 2 fully saturated rings. The van der Waals surface area contributed by atoms with Crippen LogP contribution in [0.5, 0.6) is 5.75 Å². The molecule has 2 aliphatic rings. The molecule has 2 bridgehead atoms. The standard InChI is InChI=1S/C24H36N4O4/c1-17(2)28(18(3)4)24(30)15-27-13-22-11-26(12-23(14-27)32-22)10-20(29)16-31-21-7-5-19(9-25)6-8-21/h5-8,17-18,20,22-23,29H,10-16H2,1-4H3/t20-,22?,23?/m0/s1. The van der Waals surface area contributed by atoms with Gasteiger partial charge in [-0.2, -0.15) is 5.26 Å². The molecule has 0 saturated carbocycles. The zero-order valence-electron chi connectivity index (χ0n) is 19.6. The lowest BCUT2D eigenvalue weighted by molar-refractivity contribution is -0.153. The number of carbonyl (C=O) groups is 1. The van der Waals surface area contributed by atoms with Crippen LogP contribution in [0.3, 0.4) is 0 Å². The molecule has 1 aromatic rings. The highest BCUT2D eigenvalue weighted by Crippen LogP contribution is 2.20. The Morgan fingerprint density at radius 3 is 2.22 bits per heavy atom. The van der Waals surface area contributed by atoms with Crippen LogP contribution in [0, 0.1) is 11.3 Å². The highest BCUT2D eigenvalue weighted by atomic mass is 16.5. The van der Waals surface area contributed by atoms with Crippen molar-refractivity contribution in [3.05, 3.63) is 29.8 Å². The van der Waals surface area contributed by atoms with Crippen LogP contribution in [-0.2, 0) is 9.53 Å². The number of fused-ring (bicyclic) bond motifs is 2. The van der Waals surface area contributed by atoms with E-state index in [2.05, 4.69) is 43.6 Å². The Hall–Kier alpha value is -2.18. The highest BCUT2D eigenvalue weighted by Gasteiger charge is 2.36. The minimum atomic E-state index is -0.618. The molecule has 1 N–H and O–H groups in total. The Morgan fingerprint density at radius 2 is 1.69 bits per heavy atom. The summed E-state index contributed by atoms with van der Waals surface area (Å²) in [5.41, 5.74) is 0.578. The molecule has 0 aliphatic carbocycles. The van der Waals surface area contributed by atoms with Crippen molar-refractivity contribution < 1.29 is 19.4 Å². The second-order valence-electron chi connectivity index (χ2n) is 9.38. The van der Waals surface area contributed by atoms with E-state index in [1.807, 2.05) is 4.90 Å². The number of morpholine rings is 2. The second kappa shape index (κ2) is 11.1. The molecule has 2 unspecified atom stereocenters. The molecule has 176 valence electrons. The van der Waals surface area contributed by atoms with Gasteiger partial charge in [-0.1, -0.05) is 0 Å². The van der Waals surface area contributed by atoms with Gasteiger partial charge in [-0.05, 0) is 52.0 Å². The first-order valence-electron chi connectivity index (χ1n) is 11.5. The zero-order chi connectivity index (χ0) is 23.3. The van der Waals surface area contributed by atoms with Crippen LogP contribution in [0.15, 0.2) is 24.3 Å². The fourth-order valence-corrected chi connectivity index (χ4v) is 4.75. The summed E-state index contributed by atoms with van der Waals surface area (Å²) in [4.78, 5) is 19.2. The third-order valence-corrected chi connectivity index (χ3v) is 5.89. The van der Waals surface area contributed by atoms with E-state index in [9.17, 15) is 9.90 Å². The molecular weight excluding hydrogens is 408 g/mol. The SMILES string of the molecule is CC(C)N(C(=O)CN1CC2CN(C[C@H](O)COc3ccc(C#N)cc3)CC(C1)O2)C(C)C. The normalized spacial score (nSPS) is 22.6. The van der Waals surface area contributed by atoms with Crippen molar-refractivity contribution >= 4 is 5.91 Å². The number of nitriles is 1. The van der Waals surface area contributed by atoms with Gasteiger partial charge in [-0.25, -0.2) is 0 Å². The van der Waals surface area contributed by atoms with Gasteiger partial charge in [0.05, 0.1) is 30.4 Å². The van der Waals surface area contributed by atoms with Gasteiger partial charge in [0.2, 0.25) is 5.91 Å². The fraction of sp³-hybridized carbons (Fsp3) is 0.667. The maximum atomic E-state index is 12.8. The second-order valence-corrected chi connectivity index (χ2v) is 9.38. The zero-order valence-corrected chi connectivity index (χ0v) is 19.6. The van der Waals surface area contributed by atoms with Crippen LogP contribution in [0.25, 0.3) is 0 Å². The first-order chi connectivity index (χ1) is 15.2. The predicted octanol–water partition coefficient (Wildman–Crippen LogP) is 1.33. The molecule has 2 aliphatic heterocycles. The minimum absolute atomic E-state index is 0.0356. The van der Waals surface area contributed by atoms with E-state index >= 15 is 0 Å². The molecule has 1 amide bonds. The van der Waals surface area contributed by atoms with Crippen LogP contribution in [0.2, 0.25) is 0 Å². The van der Waals surface area contributed by atoms with E-state index in [1.165, 1.54) is 0 Å². The lowest BCUT2D eigenvalue weighted by atomic mass is 10.1. The number of carbonyl (C=O) groups excluding carboxylic acids is 1. The number of hydrogen-bond donors (Lipinski definition) is 1. The Kier molecular flexibility index (Phi) is 8.49. The molecule has 2 heterocycles. The third kappa shape index (κ3) is 6.66. The minimum Gasteiger partial charge on any atom is -0.491 e. The van der Waals surface area contributed by atoms with Crippen molar-refractivity contribution in [1.82, 2.24) is 14.7 Å². The number of aliphatic hydroxyl groups excluding tert-OH is 1. The van der Waals surface area contributed by atoms with Crippen LogP contribution >= 0.6 is 0 Å². The van der Waals surface area contributed by atoms with Gasteiger partial charge in [0.15, 0.2) is 0 Å². The third-order valence-electron chi connectivity index (χ3n) is 5.89. The molecule has 32 heavy (non-hydrogen) atoms. The Labute approximate surface area is 191 Å². The molecule has 3 atom stereocenters. The van der Waals surface area contributed by atoms with Crippen molar-refractivity contribution in [2.75, 3.05) is 45.9 Å². The van der Waals surface area contributed by atoms with Gasteiger partial charge in [0.25, 0.3) is 0 Å². The molecule has 0 aromatic heterocycles. The summed E-state index contributed by atoms with van der Waals surface area (Å²) < 4.78 is 11.8. The highest BCUT2D eigenvalue weighted by molar-refractivity contribution is 5.78. The van der Waals surface area contributed by atoms with Crippen LogP contribution in [0.1, 0.15) is 33.3 Å². The molecular formula is C24H36N4O4. The first kappa shape index (κ1) is 24.5. The van der Waals surface area contributed by atoms with Crippen LogP contribution in [-0.4, -0.2) is 102 Å². The molecule has 0 spiro atoms. The van der Waals surface area contributed by atoms with Gasteiger partial charge >= 0.3 is 0 Å². The fourth-order valence-electron chi connectivity index (χ4n) is 4.75. The molecule has 8 heteroatoms. The number of hydrogen-bond acceptors (Lipinski definition) is 7. The van der Waals surface area contributed by atoms with E-state index in [4.69, 9.17) is 14.7 Å². The van der Waals surface area contributed by atoms with Gasteiger partial charge < -0.3 is 19.5 Å².